The number of halogens is 1. The van der Waals surface area contributed by atoms with E-state index in [9.17, 15) is 0 Å². The zero-order valence-corrected chi connectivity index (χ0v) is 11.0. The molecule has 17 heavy (non-hydrogen) atoms. The molecule has 0 aliphatic carbocycles. The minimum absolute atomic E-state index is 0.748. The topological polar surface area (TPSA) is 29.9 Å². The number of aryl methyl sites for hydroxylation is 1. The number of aromatic nitrogens is 2. The van der Waals surface area contributed by atoms with Crippen LogP contribution >= 0.6 is 11.6 Å². The van der Waals surface area contributed by atoms with E-state index >= 15 is 0 Å². The second-order valence-electron chi connectivity index (χ2n) is 4.08. The molecule has 3 nitrogen and oxygen atoms in total. The summed E-state index contributed by atoms with van der Waals surface area (Å²) in [7, 11) is 3.91. The summed E-state index contributed by atoms with van der Waals surface area (Å²) in [6.07, 6.45) is 0. The maximum absolute atomic E-state index is 5.89. The molecule has 0 saturated heterocycles. The zero-order valence-electron chi connectivity index (χ0n) is 10.3. The Morgan fingerprint density at radius 1 is 1.29 bits per heavy atom. The molecule has 0 saturated carbocycles. The van der Waals surface area contributed by atoms with Crippen molar-refractivity contribution in [2.24, 2.45) is 7.05 Å². The van der Waals surface area contributed by atoms with Gasteiger partial charge in [-0.1, -0.05) is 23.7 Å². The van der Waals surface area contributed by atoms with E-state index in [1.807, 2.05) is 43.0 Å². The first-order valence-electron chi connectivity index (χ1n) is 5.56. The van der Waals surface area contributed by atoms with E-state index in [1.165, 1.54) is 11.3 Å². The fraction of sp³-hybridized carbons (Fsp3) is 0.308. The van der Waals surface area contributed by atoms with E-state index in [-0.39, 0.29) is 0 Å². The van der Waals surface area contributed by atoms with Gasteiger partial charge in [-0.15, -0.1) is 0 Å². The van der Waals surface area contributed by atoms with Crippen LogP contribution < -0.4 is 5.32 Å². The molecule has 0 aliphatic rings. The zero-order chi connectivity index (χ0) is 12.4. The monoisotopic (exact) mass is 249 g/mol. The normalized spacial score (nSPS) is 10.8. The average Bonchev–Trinajstić information content (AvgIpc) is 2.59. The third-order valence-electron chi connectivity index (χ3n) is 2.89. The van der Waals surface area contributed by atoms with Gasteiger partial charge in [0.2, 0.25) is 0 Å². The molecule has 0 amide bonds. The molecule has 4 heteroatoms. The second-order valence-corrected chi connectivity index (χ2v) is 4.52. The Hall–Kier alpha value is -1.32. The summed E-state index contributed by atoms with van der Waals surface area (Å²) in [6, 6.07) is 7.78. The van der Waals surface area contributed by atoms with Crippen LogP contribution in [0.15, 0.2) is 24.3 Å². The van der Waals surface area contributed by atoms with Gasteiger partial charge in [0.15, 0.2) is 0 Å². The standard InChI is InChI=1S/C13H16ClN3/c1-9-12(8-15-2)17(3)16-13(9)10-4-6-11(14)7-5-10/h4-7,15H,8H2,1-3H3. The lowest BCUT2D eigenvalue weighted by atomic mass is 10.1. The Bertz CT molecular complexity index is 514. The number of nitrogens with zero attached hydrogens (tertiary/aromatic N) is 2. The van der Waals surface area contributed by atoms with Gasteiger partial charge in [0.25, 0.3) is 0 Å². The van der Waals surface area contributed by atoms with Crippen LogP contribution in [0.2, 0.25) is 5.02 Å². The molecular formula is C13H16ClN3. The lowest BCUT2D eigenvalue weighted by Gasteiger charge is -2.01. The van der Waals surface area contributed by atoms with Gasteiger partial charge < -0.3 is 5.32 Å². The Morgan fingerprint density at radius 2 is 1.94 bits per heavy atom. The van der Waals surface area contributed by atoms with Crippen molar-refractivity contribution in [3.05, 3.63) is 40.5 Å². The van der Waals surface area contributed by atoms with E-state index in [0.29, 0.717) is 0 Å². The molecule has 2 rings (SSSR count). The van der Waals surface area contributed by atoms with Crippen molar-refractivity contribution in [1.82, 2.24) is 15.1 Å². The first kappa shape index (κ1) is 12.1. The van der Waals surface area contributed by atoms with Crippen LogP contribution in [-0.4, -0.2) is 16.8 Å². The van der Waals surface area contributed by atoms with E-state index in [2.05, 4.69) is 17.3 Å². The predicted molar refractivity (Wildman–Crippen MR) is 71.2 cm³/mol. The molecule has 0 bridgehead atoms. The van der Waals surface area contributed by atoms with Crippen molar-refractivity contribution in [2.75, 3.05) is 7.05 Å². The highest BCUT2D eigenvalue weighted by Crippen LogP contribution is 2.25. The van der Waals surface area contributed by atoms with Gasteiger partial charge in [-0.3, -0.25) is 4.68 Å². The van der Waals surface area contributed by atoms with Crippen LogP contribution in [0.5, 0.6) is 0 Å². The van der Waals surface area contributed by atoms with Crippen LogP contribution in [0.3, 0.4) is 0 Å². The highest BCUT2D eigenvalue weighted by atomic mass is 35.5. The van der Waals surface area contributed by atoms with Crippen molar-refractivity contribution in [1.29, 1.82) is 0 Å². The van der Waals surface area contributed by atoms with E-state index < -0.39 is 0 Å². The maximum Gasteiger partial charge on any atom is 0.0955 e. The van der Waals surface area contributed by atoms with Crippen LogP contribution in [-0.2, 0) is 13.6 Å². The largest absolute Gasteiger partial charge is 0.314 e. The molecule has 0 radical (unpaired) electrons. The van der Waals surface area contributed by atoms with Crippen LogP contribution in [0.4, 0.5) is 0 Å². The molecule has 1 heterocycles. The first-order valence-corrected chi connectivity index (χ1v) is 5.94. The molecule has 1 aromatic heterocycles. The number of hydrogen-bond donors (Lipinski definition) is 1. The van der Waals surface area contributed by atoms with Gasteiger partial charge in [0, 0.05) is 24.2 Å². The summed E-state index contributed by atoms with van der Waals surface area (Å²) < 4.78 is 1.93. The van der Waals surface area contributed by atoms with Crippen LogP contribution in [0.25, 0.3) is 11.3 Å². The molecule has 0 atom stereocenters. The summed E-state index contributed by atoms with van der Waals surface area (Å²) in [4.78, 5) is 0. The minimum Gasteiger partial charge on any atom is -0.314 e. The highest BCUT2D eigenvalue weighted by Gasteiger charge is 2.12. The van der Waals surface area contributed by atoms with Crippen molar-refractivity contribution in [2.45, 2.75) is 13.5 Å². The molecule has 0 spiro atoms. The number of rotatable bonds is 3. The van der Waals surface area contributed by atoms with Crippen LogP contribution in [0, 0.1) is 6.92 Å². The van der Waals surface area contributed by atoms with Crippen molar-refractivity contribution in [3.8, 4) is 11.3 Å². The van der Waals surface area contributed by atoms with Gasteiger partial charge in [0.05, 0.1) is 11.4 Å². The number of nitrogens with one attached hydrogen (secondary N) is 1. The smallest absolute Gasteiger partial charge is 0.0955 e. The summed E-state index contributed by atoms with van der Waals surface area (Å²) in [5.74, 6) is 0. The highest BCUT2D eigenvalue weighted by molar-refractivity contribution is 6.30. The summed E-state index contributed by atoms with van der Waals surface area (Å²) in [6.45, 7) is 2.92. The average molecular weight is 250 g/mol. The van der Waals surface area contributed by atoms with Crippen molar-refractivity contribution >= 4 is 11.6 Å². The van der Waals surface area contributed by atoms with E-state index in [0.717, 1.165) is 22.8 Å². The van der Waals surface area contributed by atoms with Gasteiger partial charge in [-0.25, -0.2) is 0 Å². The second kappa shape index (κ2) is 4.90. The fourth-order valence-electron chi connectivity index (χ4n) is 1.96. The van der Waals surface area contributed by atoms with Gasteiger partial charge in [-0.05, 0) is 31.7 Å². The molecule has 2 aromatic rings. The first-order chi connectivity index (χ1) is 8.13. The van der Waals surface area contributed by atoms with Gasteiger partial charge in [-0.2, -0.15) is 5.10 Å². The summed E-state index contributed by atoms with van der Waals surface area (Å²) >= 11 is 5.89. The molecule has 0 aliphatic heterocycles. The number of benzene rings is 1. The third kappa shape index (κ3) is 2.35. The SMILES string of the molecule is CNCc1c(C)c(-c2ccc(Cl)cc2)nn1C. The maximum atomic E-state index is 5.89. The van der Waals surface area contributed by atoms with Crippen molar-refractivity contribution < 1.29 is 0 Å². The lowest BCUT2D eigenvalue weighted by molar-refractivity contribution is 0.671. The Morgan fingerprint density at radius 3 is 2.53 bits per heavy atom. The van der Waals surface area contributed by atoms with E-state index in [1.54, 1.807) is 0 Å². The molecule has 90 valence electrons. The summed E-state index contributed by atoms with van der Waals surface area (Å²) in [5, 5.41) is 8.47. The molecule has 0 unspecified atom stereocenters. The molecule has 1 aromatic carbocycles. The quantitative estimate of drug-likeness (QED) is 0.907. The van der Waals surface area contributed by atoms with Crippen LogP contribution in [0.1, 0.15) is 11.3 Å². The molecule has 1 N–H and O–H groups in total. The van der Waals surface area contributed by atoms with E-state index in [4.69, 9.17) is 11.6 Å². The molecular weight excluding hydrogens is 234 g/mol. The minimum atomic E-state index is 0.748. The molecule has 0 fully saturated rings. The van der Waals surface area contributed by atoms with Gasteiger partial charge >= 0.3 is 0 Å². The Balaban J connectivity index is 2.46. The number of hydrogen-bond acceptors (Lipinski definition) is 2. The lowest BCUT2D eigenvalue weighted by Crippen LogP contribution is -2.10. The Labute approximate surface area is 106 Å². The van der Waals surface area contributed by atoms with Gasteiger partial charge in [0.1, 0.15) is 0 Å². The third-order valence-corrected chi connectivity index (χ3v) is 3.14. The fourth-order valence-corrected chi connectivity index (χ4v) is 2.09. The van der Waals surface area contributed by atoms with Crippen molar-refractivity contribution in [3.63, 3.8) is 0 Å². The predicted octanol–water partition coefficient (Wildman–Crippen LogP) is 2.77. The Kier molecular flexibility index (Phi) is 3.50. The summed E-state index contributed by atoms with van der Waals surface area (Å²) in [5.41, 5.74) is 4.54.